The number of anilines is 1. The number of benzene rings is 2. The minimum atomic E-state index is -0.491. The monoisotopic (exact) mass is 319 g/mol. The molecule has 22 heavy (non-hydrogen) atoms. The van der Waals surface area contributed by atoms with Crippen LogP contribution in [0, 0.1) is 10.1 Å². The molecule has 2 amide bonds. The van der Waals surface area contributed by atoms with Crippen LogP contribution in [-0.2, 0) is 6.42 Å². The summed E-state index contributed by atoms with van der Waals surface area (Å²) < 4.78 is 0. The molecule has 0 heterocycles. The van der Waals surface area contributed by atoms with E-state index in [0.717, 1.165) is 5.56 Å². The van der Waals surface area contributed by atoms with Gasteiger partial charge in [-0.1, -0.05) is 23.7 Å². The van der Waals surface area contributed by atoms with Crippen LogP contribution in [0.15, 0.2) is 48.5 Å². The molecule has 0 aliphatic rings. The minimum absolute atomic E-state index is 0.0214. The third kappa shape index (κ3) is 4.75. The largest absolute Gasteiger partial charge is 0.338 e. The van der Waals surface area contributed by atoms with Crippen molar-refractivity contribution in [3.63, 3.8) is 0 Å². The Morgan fingerprint density at radius 1 is 1.18 bits per heavy atom. The molecule has 0 aliphatic carbocycles. The van der Waals surface area contributed by atoms with Crippen molar-refractivity contribution in [3.05, 3.63) is 69.2 Å². The maximum atomic E-state index is 11.7. The van der Waals surface area contributed by atoms with E-state index >= 15 is 0 Å². The van der Waals surface area contributed by atoms with Gasteiger partial charge in [0, 0.05) is 29.4 Å². The van der Waals surface area contributed by atoms with Gasteiger partial charge in [-0.2, -0.15) is 0 Å². The summed E-state index contributed by atoms with van der Waals surface area (Å²) in [4.78, 5) is 21.7. The molecule has 0 aliphatic heterocycles. The van der Waals surface area contributed by atoms with E-state index in [1.165, 1.54) is 24.3 Å². The number of nitro groups is 1. The van der Waals surface area contributed by atoms with Crippen LogP contribution in [0.4, 0.5) is 16.2 Å². The second-order valence-corrected chi connectivity index (χ2v) is 5.00. The zero-order valence-electron chi connectivity index (χ0n) is 11.6. The normalized spacial score (nSPS) is 10.0. The summed E-state index contributed by atoms with van der Waals surface area (Å²) in [5, 5.41) is 16.5. The molecule has 0 bridgehead atoms. The van der Waals surface area contributed by atoms with E-state index < -0.39 is 4.92 Å². The summed E-state index contributed by atoms with van der Waals surface area (Å²) in [5.41, 5.74) is 1.50. The molecule has 0 unspecified atom stereocenters. The van der Waals surface area contributed by atoms with Gasteiger partial charge >= 0.3 is 6.03 Å². The van der Waals surface area contributed by atoms with E-state index in [0.29, 0.717) is 23.7 Å². The number of nitrogens with one attached hydrogen (secondary N) is 2. The molecule has 2 N–H and O–H groups in total. The van der Waals surface area contributed by atoms with E-state index in [4.69, 9.17) is 11.6 Å². The number of hydrogen-bond donors (Lipinski definition) is 2. The van der Waals surface area contributed by atoms with Crippen LogP contribution in [0.2, 0.25) is 5.02 Å². The molecule has 6 nitrogen and oxygen atoms in total. The maximum absolute atomic E-state index is 11.7. The highest BCUT2D eigenvalue weighted by Crippen LogP contribution is 2.15. The van der Waals surface area contributed by atoms with Crippen molar-refractivity contribution in [1.29, 1.82) is 0 Å². The SMILES string of the molecule is O=C(NCCc1cccc(Cl)c1)Nc1ccc([N+](=O)[O-])cc1. The smallest absolute Gasteiger partial charge is 0.319 e. The average molecular weight is 320 g/mol. The van der Waals surface area contributed by atoms with Gasteiger partial charge in [-0.3, -0.25) is 10.1 Å². The number of hydrogen-bond acceptors (Lipinski definition) is 3. The zero-order valence-corrected chi connectivity index (χ0v) is 12.3. The predicted molar refractivity (Wildman–Crippen MR) is 85.3 cm³/mol. The van der Waals surface area contributed by atoms with Gasteiger partial charge in [0.15, 0.2) is 0 Å². The fraction of sp³-hybridized carbons (Fsp3) is 0.133. The van der Waals surface area contributed by atoms with E-state index in [-0.39, 0.29) is 11.7 Å². The lowest BCUT2D eigenvalue weighted by Crippen LogP contribution is -2.30. The Balaban J connectivity index is 1.79. The Bertz CT molecular complexity index is 674. The van der Waals surface area contributed by atoms with Crippen LogP contribution >= 0.6 is 11.6 Å². The van der Waals surface area contributed by atoms with Crippen LogP contribution in [0.25, 0.3) is 0 Å². The first kappa shape index (κ1) is 15.8. The van der Waals surface area contributed by atoms with Gasteiger partial charge in [-0.15, -0.1) is 0 Å². The summed E-state index contributed by atoms with van der Waals surface area (Å²) >= 11 is 5.88. The molecule has 0 radical (unpaired) electrons. The lowest BCUT2D eigenvalue weighted by atomic mass is 10.1. The van der Waals surface area contributed by atoms with Crippen molar-refractivity contribution >= 4 is 29.0 Å². The van der Waals surface area contributed by atoms with E-state index in [1.807, 2.05) is 18.2 Å². The molecule has 0 spiro atoms. The zero-order chi connectivity index (χ0) is 15.9. The molecule has 0 atom stereocenters. The van der Waals surface area contributed by atoms with E-state index in [1.54, 1.807) is 6.07 Å². The maximum Gasteiger partial charge on any atom is 0.319 e. The van der Waals surface area contributed by atoms with Crippen molar-refractivity contribution < 1.29 is 9.72 Å². The number of nitro benzene ring substituents is 1. The first-order valence-corrected chi connectivity index (χ1v) is 6.96. The second-order valence-electron chi connectivity index (χ2n) is 4.56. The topological polar surface area (TPSA) is 84.3 Å². The van der Waals surface area contributed by atoms with Crippen LogP contribution in [0.3, 0.4) is 0 Å². The van der Waals surface area contributed by atoms with Gasteiger partial charge in [-0.05, 0) is 36.2 Å². The van der Waals surface area contributed by atoms with Crippen molar-refractivity contribution in [3.8, 4) is 0 Å². The molecule has 0 saturated carbocycles. The van der Waals surface area contributed by atoms with E-state index in [2.05, 4.69) is 10.6 Å². The van der Waals surface area contributed by atoms with Crippen LogP contribution in [0.1, 0.15) is 5.56 Å². The number of carbonyl (C=O) groups is 1. The Labute approximate surface area is 132 Å². The van der Waals surface area contributed by atoms with Crippen molar-refractivity contribution in [2.75, 3.05) is 11.9 Å². The quantitative estimate of drug-likeness (QED) is 0.652. The molecule has 2 aromatic carbocycles. The van der Waals surface area contributed by atoms with Gasteiger partial charge in [-0.25, -0.2) is 4.79 Å². The number of non-ortho nitro benzene ring substituents is 1. The number of nitrogens with zero attached hydrogens (tertiary/aromatic N) is 1. The lowest BCUT2D eigenvalue weighted by molar-refractivity contribution is -0.384. The molecule has 114 valence electrons. The molecular formula is C15H14ClN3O3. The Hall–Kier alpha value is -2.60. The predicted octanol–water partition coefficient (Wildman–Crippen LogP) is 3.61. The van der Waals surface area contributed by atoms with Crippen LogP contribution < -0.4 is 10.6 Å². The fourth-order valence-electron chi connectivity index (χ4n) is 1.85. The Morgan fingerprint density at radius 2 is 1.91 bits per heavy atom. The number of rotatable bonds is 5. The summed E-state index contributed by atoms with van der Waals surface area (Å²) in [6, 6.07) is 12.7. The highest BCUT2D eigenvalue weighted by atomic mass is 35.5. The average Bonchev–Trinajstić information content (AvgIpc) is 2.48. The van der Waals surface area contributed by atoms with Gasteiger partial charge < -0.3 is 10.6 Å². The van der Waals surface area contributed by atoms with Crippen molar-refractivity contribution in [1.82, 2.24) is 5.32 Å². The molecule has 7 heteroatoms. The molecule has 0 aromatic heterocycles. The highest BCUT2D eigenvalue weighted by molar-refractivity contribution is 6.30. The second kappa shape index (κ2) is 7.42. The van der Waals surface area contributed by atoms with Crippen LogP contribution in [0.5, 0.6) is 0 Å². The first-order chi connectivity index (χ1) is 10.5. The highest BCUT2D eigenvalue weighted by Gasteiger charge is 2.06. The number of carbonyl (C=O) groups excluding carboxylic acids is 1. The summed E-state index contributed by atoms with van der Waals surface area (Å²) in [7, 11) is 0. The third-order valence-electron chi connectivity index (χ3n) is 2.92. The molecule has 2 rings (SSSR count). The molecule has 0 fully saturated rings. The number of urea groups is 1. The lowest BCUT2D eigenvalue weighted by Gasteiger charge is -2.07. The number of amides is 2. The Kier molecular flexibility index (Phi) is 5.32. The van der Waals surface area contributed by atoms with Gasteiger partial charge in [0.1, 0.15) is 0 Å². The van der Waals surface area contributed by atoms with Gasteiger partial charge in [0.2, 0.25) is 0 Å². The summed E-state index contributed by atoms with van der Waals surface area (Å²) in [6.45, 7) is 0.457. The molecule has 0 saturated heterocycles. The summed E-state index contributed by atoms with van der Waals surface area (Å²) in [5.74, 6) is 0. The molecule has 2 aromatic rings. The fourth-order valence-corrected chi connectivity index (χ4v) is 2.07. The standard InChI is InChI=1S/C15H14ClN3O3/c16-12-3-1-2-11(10-12)8-9-17-15(20)18-13-4-6-14(7-5-13)19(21)22/h1-7,10H,8-9H2,(H2,17,18,20). The molecular weight excluding hydrogens is 306 g/mol. The van der Waals surface area contributed by atoms with Crippen molar-refractivity contribution in [2.45, 2.75) is 6.42 Å². The van der Waals surface area contributed by atoms with E-state index in [9.17, 15) is 14.9 Å². The van der Waals surface area contributed by atoms with Gasteiger partial charge in [0.05, 0.1) is 4.92 Å². The Morgan fingerprint density at radius 3 is 2.55 bits per heavy atom. The first-order valence-electron chi connectivity index (χ1n) is 6.58. The minimum Gasteiger partial charge on any atom is -0.338 e. The van der Waals surface area contributed by atoms with Crippen LogP contribution in [-0.4, -0.2) is 17.5 Å². The third-order valence-corrected chi connectivity index (χ3v) is 3.16. The number of halogens is 1. The van der Waals surface area contributed by atoms with Crippen molar-refractivity contribution in [2.24, 2.45) is 0 Å². The summed E-state index contributed by atoms with van der Waals surface area (Å²) in [6.07, 6.45) is 0.661. The van der Waals surface area contributed by atoms with Gasteiger partial charge in [0.25, 0.3) is 5.69 Å².